The fourth-order valence-electron chi connectivity index (χ4n) is 3.19. The average molecular weight is 602 g/mol. The number of nitrogens with zero attached hydrogens (tertiary/aromatic N) is 3. The number of aromatic nitrogens is 2. The summed E-state index contributed by atoms with van der Waals surface area (Å²) in [6, 6.07) is 41.5. The number of rotatable bonds is 3. The second-order valence-electron chi connectivity index (χ2n) is 6.86. The first-order valence-corrected chi connectivity index (χ1v) is 10.2. The molecule has 0 aliphatic carbocycles. The molecule has 161 valence electrons. The van der Waals surface area contributed by atoms with Crippen LogP contribution in [0.15, 0.2) is 116 Å². The molecule has 33 heavy (non-hydrogen) atoms. The largest absolute Gasteiger partial charge is 0.305 e. The normalized spacial score (nSPS) is 9.55. The molecule has 0 spiro atoms. The van der Waals surface area contributed by atoms with E-state index in [9.17, 15) is 0 Å². The van der Waals surface area contributed by atoms with Crippen molar-refractivity contribution in [2.75, 3.05) is 0 Å². The summed E-state index contributed by atoms with van der Waals surface area (Å²) in [7, 11) is 0. The van der Waals surface area contributed by atoms with Gasteiger partial charge in [-0.3, -0.25) is 0 Å². The molecule has 0 atom stereocenters. The van der Waals surface area contributed by atoms with Crippen LogP contribution in [0.5, 0.6) is 0 Å². The van der Waals surface area contributed by atoms with Crippen LogP contribution in [0.4, 0.5) is 0 Å². The second kappa shape index (κ2) is 12.2. The van der Waals surface area contributed by atoms with Gasteiger partial charge in [0.2, 0.25) is 0 Å². The molecule has 5 aromatic rings. The summed E-state index contributed by atoms with van der Waals surface area (Å²) in [5.41, 5.74) is 6.57. The molecule has 0 aliphatic rings. The van der Waals surface area contributed by atoms with Gasteiger partial charge >= 0.3 is 0 Å². The van der Waals surface area contributed by atoms with Gasteiger partial charge in [-0.15, -0.1) is 65.7 Å². The van der Waals surface area contributed by atoms with Crippen LogP contribution in [-0.4, -0.2) is 9.97 Å². The Hall–Kier alpha value is -3.90. The van der Waals surface area contributed by atoms with E-state index in [0.717, 1.165) is 33.6 Å². The van der Waals surface area contributed by atoms with Crippen LogP contribution >= 0.6 is 0 Å². The van der Waals surface area contributed by atoms with Crippen LogP contribution < -0.4 is 0 Å². The molecular formula is C29H19IrN3-2. The Balaban J connectivity index is 0.000000202. The Morgan fingerprint density at radius 2 is 1.45 bits per heavy atom. The maximum atomic E-state index is 8.85. The first kappa shape index (κ1) is 23.8. The van der Waals surface area contributed by atoms with Gasteiger partial charge in [0.05, 0.1) is 0 Å². The van der Waals surface area contributed by atoms with E-state index in [1.165, 1.54) is 0 Å². The second-order valence-corrected chi connectivity index (χ2v) is 6.86. The zero-order chi connectivity index (χ0) is 22.0. The van der Waals surface area contributed by atoms with Gasteiger partial charge < -0.3 is 9.97 Å². The smallest absolute Gasteiger partial charge is 0.0476 e. The summed E-state index contributed by atoms with van der Waals surface area (Å²) >= 11 is 0. The Morgan fingerprint density at radius 1 is 0.667 bits per heavy atom. The van der Waals surface area contributed by atoms with Gasteiger partial charge in [0.15, 0.2) is 0 Å². The molecule has 0 saturated heterocycles. The SMILES string of the molecule is N#Cc1c[c-]c(-c2ncccc2-c2ccccc2)cc1.[Ir].[c-]1ccccc1-c1ccccn1. The van der Waals surface area contributed by atoms with Crippen molar-refractivity contribution in [1.29, 1.82) is 5.26 Å². The molecule has 1 radical (unpaired) electrons. The van der Waals surface area contributed by atoms with Crippen molar-refractivity contribution in [2.24, 2.45) is 0 Å². The van der Waals surface area contributed by atoms with Crippen LogP contribution in [0.25, 0.3) is 33.6 Å². The number of hydrogen-bond acceptors (Lipinski definition) is 3. The minimum absolute atomic E-state index is 0. The number of hydrogen-bond donors (Lipinski definition) is 0. The molecule has 3 aromatic carbocycles. The monoisotopic (exact) mass is 602 g/mol. The minimum Gasteiger partial charge on any atom is -0.305 e. The maximum Gasteiger partial charge on any atom is 0.0476 e. The van der Waals surface area contributed by atoms with Gasteiger partial charge in [0, 0.05) is 38.6 Å². The topological polar surface area (TPSA) is 49.6 Å². The number of nitriles is 1. The van der Waals surface area contributed by atoms with Crippen LogP contribution in [0.2, 0.25) is 0 Å². The molecule has 5 rings (SSSR count). The Morgan fingerprint density at radius 3 is 2.12 bits per heavy atom. The van der Waals surface area contributed by atoms with Crippen molar-refractivity contribution >= 4 is 0 Å². The average Bonchev–Trinajstić information content (AvgIpc) is 2.91. The number of benzene rings is 3. The van der Waals surface area contributed by atoms with Crippen molar-refractivity contribution in [3.63, 3.8) is 0 Å². The zero-order valence-electron chi connectivity index (χ0n) is 17.6. The fraction of sp³-hybridized carbons (Fsp3) is 0. The Bertz CT molecular complexity index is 1260. The molecule has 0 bridgehead atoms. The van der Waals surface area contributed by atoms with Crippen molar-refractivity contribution in [2.45, 2.75) is 0 Å². The van der Waals surface area contributed by atoms with Crippen LogP contribution in [0.3, 0.4) is 0 Å². The van der Waals surface area contributed by atoms with E-state index in [1.807, 2.05) is 78.9 Å². The molecule has 0 saturated carbocycles. The molecule has 0 aliphatic heterocycles. The third kappa shape index (κ3) is 6.30. The summed E-state index contributed by atoms with van der Waals surface area (Å²) in [6.45, 7) is 0. The molecular weight excluding hydrogens is 583 g/mol. The van der Waals surface area contributed by atoms with Crippen molar-refractivity contribution in [3.8, 4) is 39.7 Å². The molecule has 4 heteroatoms. The summed E-state index contributed by atoms with van der Waals surface area (Å²) in [6.07, 6.45) is 3.56. The quantitative estimate of drug-likeness (QED) is 0.218. The standard InChI is InChI=1S/C18H11N2.C11H8N.Ir/c19-13-14-8-10-16(11-9-14)18-17(7-4-12-20-18)15-5-2-1-3-6-15;1-2-6-10(7-3-1)11-8-4-5-9-12-11;/h1-10,12H;1-6,8-9H;/q2*-1;. The van der Waals surface area contributed by atoms with Gasteiger partial charge in [0.1, 0.15) is 0 Å². The zero-order valence-corrected chi connectivity index (χ0v) is 20.0. The number of pyridine rings is 2. The van der Waals surface area contributed by atoms with Crippen LogP contribution in [0, 0.1) is 23.5 Å². The van der Waals surface area contributed by atoms with E-state index in [0.29, 0.717) is 5.56 Å². The van der Waals surface area contributed by atoms with Crippen molar-refractivity contribution in [1.82, 2.24) is 9.97 Å². The fourth-order valence-corrected chi connectivity index (χ4v) is 3.19. The summed E-state index contributed by atoms with van der Waals surface area (Å²) in [5.74, 6) is 0. The van der Waals surface area contributed by atoms with Crippen LogP contribution in [0.1, 0.15) is 5.56 Å². The van der Waals surface area contributed by atoms with E-state index < -0.39 is 0 Å². The van der Waals surface area contributed by atoms with E-state index in [4.69, 9.17) is 5.26 Å². The maximum absolute atomic E-state index is 8.85. The molecule has 3 nitrogen and oxygen atoms in total. The van der Waals surface area contributed by atoms with Crippen LogP contribution in [-0.2, 0) is 20.1 Å². The summed E-state index contributed by atoms with van der Waals surface area (Å²) < 4.78 is 0. The Kier molecular flexibility index (Phi) is 8.79. The van der Waals surface area contributed by atoms with E-state index in [1.54, 1.807) is 24.5 Å². The van der Waals surface area contributed by atoms with Gasteiger partial charge in [-0.25, -0.2) is 5.26 Å². The predicted molar refractivity (Wildman–Crippen MR) is 127 cm³/mol. The van der Waals surface area contributed by atoms with Crippen molar-refractivity contribution < 1.29 is 20.1 Å². The van der Waals surface area contributed by atoms with Gasteiger partial charge in [0.25, 0.3) is 0 Å². The van der Waals surface area contributed by atoms with Gasteiger partial charge in [-0.1, -0.05) is 48.5 Å². The summed E-state index contributed by atoms with van der Waals surface area (Å²) in [5, 5.41) is 8.85. The van der Waals surface area contributed by atoms with E-state index in [-0.39, 0.29) is 20.1 Å². The molecule has 0 N–H and O–H groups in total. The first-order valence-electron chi connectivity index (χ1n) is 10.2. The molecule has 2 heterocycles. The van der Waals surface area contributed by atoms with Gasteiger partial charge in [-0.05, 0) is 40.2 Å². The molecule has 0 fully saturated rings. The molecule has 0 unspecified atom stereocenters. The van der Waals surface area contributed by atoms with E-state index >= 15 is 0 Å². The third-order valence-electron chi connectivity index (χ3n) is 4.74. The molecule has 2 aromatic heterocycles. The van der Waals surface area contributed by atoms with E-state index in [2.05, 4.69) is 40.3 Å². The summed E-state index contributed by atoms with van der Waals surface area (Å²) in [4.78, 5) is 8.68. The molecule has 0 amide bonds. The Labute approximate surface area is 207 Å². The minimum atomic E-state index is 0. The predicted octanol–water partition coefficient (Wildman–Crippen LogP) is 6.63. The third-order valence-corrected chi connectivity index (χ3v) is 4.74. The first-order chi connectivity index (χ1) is 15.8. The van der Waals surface area contributed by atoms with Gasteiger partial charge in [-0.2, -0.15) is 0 Å². The van der Waals surface area contributed by atoms with Crippen molar-refractivity contribution in [3.05, 3.63) is 133 Å².